The van der Waals surface area contributed by atoms with E-state index in [4.69, 9.17) is 15.2 Å². The lowest BCUT2D eigenvalue weighted by molar-refractivity contribution is -0.131. The van der Waals surface area contributed by atoms with Crippen LogP contribution < -0.4 is 11.1 Å². The van der Waals surface area contributed by atoms with Gasteiger partial charge in [0.2, 0.25) is 5.91 Å². The zero-order valence-corrected chi connectivity index (χ0v) is 16.8. The average molecular weight is 386 g/mol. The fourth-order valence-electron chi connectivity index (χ4n) is 3.22. The second kappa shape index (κ2) is 9.55. The van der Waals surface area contributed by atoms with Crippen LogP contribution in [0.25, 0.3) is 0 Å². The van der Waals surface area contributed by atoms with Gasteiger partial charge in [0.1, 0.15) is 0 Å². The van der Waals surface area contributed by atoms with Crippen LogP contribution in [0.2, 0.25) is 0 Å². The number of carbonyl (C=O) groups is 1. The monoisotopic (exact) mass is 385 g/mol. The average Bonchev–Trinajstić information content (AvgIpc) is 2.44. The molecule has 0 spiro atoms. The van der Waals surface area contributed by atoms with Crippen LogP contribution in [0.3, 0.4) is 0 Å². The third kappa shape index (κ3) is 6.00. The maximum Gasteiger partial charge on any atom is 0.240 e. The first-order valence-electron chi connectivity index (χ1n) is 8.28. The molecule has 0 radical (unpaired) electrons. The standard InChI is InChI=1S/C16H31N3O3.2ClH/c1-12-9-19(10-13(2)22-12)15(3,4)11-18-14(20)16(17)5-7-21-8-6-16;;/h12-13H,5-11,17H2,1-4H3,(H,18,20);2*1H. The number of rotatable bonds is 4. The molecule has 8 heteroatoms. The maximum atomic E-state index is 12.4. The molecule has 0 aliphatic carbocycles. The highest BCUT2D eigenvalue weighted by Gasteiger charge is 2.38. The van der Waals surface area contributed by atoms with E-state index in [-0.39, 0.29) is 48.5 Å². The topological polar surface area (TPSA) is 76.8 Å². The van der Waals surface area contributed by atoms with E-state index in [1.54, 1.807) is 0 Å². The molecular weight excluding hydrogens is 353 g/mol. The third-order valence-electron chi connectivity index (χ3n) is 4.79. The Hall–Kier alpha value is -0.110. The highest BCUT2D eigenvalue weighted by Crippen LogP contribution is 2.22. The predicted octanol–water partition coefficient (Wildman–Crippen LogP) is 1.34. The predicted molar refractivity (Wildman–Crippen MR) is 100 cm³/mol. The normalized spacial score (nSPS) is 27.5. The summed E-state index contributed by atoms with van der Waals surface area (Å²) in [6.45, 7) is 12.0. The van der Waals surface area contributed by atoms with Gasteiger partial charge in [-0.25, -0.2) is 0 Å². The number of amides is 1. The Balaban J connectivity index is 0.00000264. The molecule has 0 aromatic heterocycles. The molecule has 3 N–H and O–H groups in total. The molecule has 2 fully saturated rings. The zero-order chi connectivity index (χ0) is 16.4. The number of hydrogen-bond acceptors (Lipinski definition) is 5. The Kier molecular flexibility index (Phi) is 9.51. The van der Waals surface area contributed by atoms with Gasteiger partial charge in [0, 0.05) is 38.4 Å². The third-order valence-corrected chi connectivity index (χ3v) is 4.79. The van der Waals surface area contributed by atoms with E-state index in [1.165, 1.54) is 0 Å². The largest absolute Gasteiger partial charge is 0.381 e. The van der Waals surface area contributed by atoms with Crippen molar-refractivity contribution >= 4 is 30.7 Å². The molecule has 6 nitrogen and oxygen atoms in total. The van der Waals surface area contributed by atoms with E-state index >= 15 is 0 Å². The molecule has 2 aliphatic rings. The van der Waals surface area contributed by atoms with Gasteiger partial charge in [0.05, 0.1) is 17.7 Å². The van der Waals surface area contributed by atoms with Gasteiger partial charge in [-0.3, -0.25) is 9.69 Å². The van der Waals surface area contributed by atoms with Gasteiger partial charge in [-0.15, -0.1) is 24.8 Å². The van der Waals surface area contributed by atoms with Gasteiger partial charge in [0.15, 0.2) is 0 Å². The molecule has 0 aromatic rings. The minimum atomic E-state index is -0.778. The summed E-state index contributed by atoms with van der Waals surface area (Å²) < 4.78 is 11.1. The molecule has 2 saturated heterocycles. The van der Waals surface area contributed by atoms with Crippen LogP contribution in [-0.4, -0.2) is 66.9 Å². The van der Waals surface area contributed by atoms with E-state index in [0.29, 0.717) is 32.6 Å². The molecule has 0 aromatic carbocycles. The van der Waals surface area contributed by atoms with E-state index in [9.17, 15) is 4.79 Å². The molecule has 24 heavy (non-hydrogen) atoms. The second-order valence-corrected chi connectivity index (χ2v) is 7.43. The van der Waals surface area contributed by atoms with Gasteiger partial charge in [-0.2, -0.15) is 0 Å². The lowest BCUT2D eigenvalue weighted by Gasteiger charge is -2.45. The van der Waals surface area contributed by atoms with Crippen molar-refractivity contribution in [2.24, 2.45) is 5.73 Å². The quantitative estimate of drug-likeness (QED) is 0.763. The first-order chi connectivity index (χ1) is 10.2. The molecule has 0 bridgehead atoms. The number of carbonyl (C=O) groups excluding carboxylic acids is 1. The summed E-state index contributed by atoms with van der Waals surface area (Å²) in [5, 5.41) is 3.06. The number of nitrogens with two attached hydrogens (primary N) is 1. The molecule has 2 atom stereocenters. The lowest BCUT2D eigenvalue weighted by atomic mass is 9.90. The fourth-order valence-corrected chi connectivity index (χ4v) is 3.22. The highest BCUT2D eigenvalue weighted by atomic mass is 35.5. The Labute approximate surface area is 158 Å². The number of nitrogens with zero attached hydrogens (tertiary/aromatic N) is 1. The molecule has 144 valence electrons. The van der Waals surface area contributed by atoms with Crippen molar-refractivity contribution in [3.8, 4) is 0 Å². The Morgan fingerprint density at radius 1 is 1.21 bits per heavy atom. The second-order valence-electron chi connectivity index (χ2n) is 7.43. The van der Waals surface area contributed by atoms with Crippen molar-refractivity contribution in [3.63, 3.8) is 0 Å². The molecule has 2 aliphatic heterocycles. The first-order valence-corrected chi connectivity index (χ1v) is 8.28. The van der Waals surface area contributed by atoms with Crippen LogP contribution >= 0.6 is 24.8 Å². The number of hydrogen-bond donors (Lipinski definition) is 2. The lowest BCUT2D eigenvalue weighted by Crippen LogP contribution is -2.62. The summed E-state index contributed by atoms with van der Waals surface area (Å²) in [4.78, 5) is 14.8. The molecule has 0 saturated carbocycles. The summed E-state index contributed by atoms with van der Waals surface area (Å²) in [5.74, 6) is -0.0572. The van der Waals surface area contributed by atoms with Crippen LogP contribution in [0, 0.1) is 0 Å². The van der Waals surface area contributed by atoms with Crippen LogP contribution in [0.4, 0.5) is 0 Å². The Morgan fingerprint density at radius 3 is 2.21 bits per heavy atom. The van der Waals surface area contributed by atoms with E-state index in [2.05, 4.69) is 37.9 Å². The van der Waals surface area contributed by atoms with Gasteiger partial charge < -0.3 is 20.5 Å². The zero-order valence-electron chi connectivity index (χ0n) is 15.2. The van der Waals surface area contributed by atoms with Crippen molar-refractivity contribution < 1.29 is 14.3 Å². The van der Waals surface area contributed by atoms with Crippen LogP contribution in [-0.2, 0) is 14.3 Å². The molecule has 2 heterocycles. The summed E-state index contributed by atoms with van der Waals surface area (Å²) in [6.07, 6.45) is 1.61. The fraction of sp³-hybridized carbons (Fsp3) is 0.938. The minimum absolute atomic E-state index is 0. The molecular formula is C16H33Cl2N3O3. The maximum absolute atomic E-state index is 12.4. The molecule has 1 amide bonds. The smallest absolute Gasteiger partial charge is 0.240 e. The van der Waals surface area contributed by atoms with Crippen LogP contribution in [0.5, 0.6) is 0 Å². The summed E-state index contributed by atoms with van der Waals surface area (Å²) >= 11 is 0. The number of ether oxygens (including phenoxy) is 2. The first kappa shape index (κ1) is 23.9. The summed E-state index contributed by atoms with van der Waals surface area (Å²) in [7, 11) is 0. The van der Waals surface area contributed by atoms with Crippen molar-refractivity contribution in [2.45, 2.75) is 63.8 Å². The highest BCUT2D eigenvalue weighted by molar-refractivity contribution is 5.86. The van der Waals surface area contributed by atoms with Gasteiger partial charge in [-0.05, 0) is 40.5 Å². The van der Waals surface area contributed by atoms with E-state index in [1.807, 2.05) is 0 Å². The van der Waals surface area contributed by atoms with Crippen LogP contribution in [0.1, 0.15) is 40.5 Å². The summed E-state index contributed by atoms with van der Waals surface area (Å²) in [6, 6.07) is 0. The number of halogens is 2. The number of nitrogens with one attached hydrogen (secondary N) is 1. The van der Waals surface area contributed by atoms with Crippen molar-refractivity contribution in [3.05, 3.63) is 0 Å². The molecule has 2 unspecified atom stereocenters. The Bertz CT molecular complexity index is 394. The summed E-state index contributed by atoms with van der Waals surface area (Å²) in [5.41, 5.74) is 5.33. The SMILES string of the molecule is CC1CN(C(C)(C)CNC(=O)C2(N)CCOCC2)CC(C)O1.Cl.Cl. The van der Waals surface area contributed by atoms with E-state index in [0.717, 1.165) is 13.1 Å². The Morgan fingerprint density at radius 2 is 1.71 bits per heavy atom. The van der Waals surface area contributed by atoms with E-state index < -0.39 is 5.54 Å². The van der Waals surface area contributed by atoms with Gasteiger partial charge in [0.25, 0.3) is 0 Å². The van der Waals surface area contributed by atoms with Gasteiger partial charge in [-0.1, -0.05) is 0 Å². The van der Waals surface area contributed by atoms with Crippen molar-refractivity contribution in [1.82, 2.24) is 10.2 Å². The van der Waals surface area contributed by atoms with Crippen LogP contribution in [0.15, 0.2) is 0 Å². The van der Waals surface area contributed by atoms with Gasteiger partial charge >= 0.3 is 0 Å². The molecule has 2 rings (SSSR count). The van der Waals surface area contributed by atoms with Crippen molar-refractivity contribution in [1.29, 1.82) is 0 Å². The van der Waals surface area contributed by atoms with Crippen molar-refractivity contribution in [2.75, 3.05) is 32.8 Å². The number of morpholine rings is 1. The minimum Gasteiger partial charge on any atom is -0.381 e.